The fourth-order valence-electron chi connectivity index (χ4n) is 2.48. The quantitative estimate of drug-likeness (QED) is 0.712. The molecule has 0 saturated carbocycles. The molecule has 0 aliphatic rings. The summed E-state index contributed by atoms with van der Waals surface area (Å²) in [5.74, 6) is 0.00545. The summed E-state index contributed by atoms with van der Waals surface area (Å²) in [7, 11) is 0. The van der Waals surface area contributed by atoms with Crippen LogP contribution in [-0.4, -0.2) is 26.6 Å². The molecular formula is C15H18N4OS. The number of fused-ring (bicyclic) bond motifs is 1. The fourth-order valence-corrected chi connectivity index (χ4v) is 3.30. The molecule has 3 aromatic rings. The Kier molecular flexibility index (Phi) is 4.06. The Morgan fingerprint density at radius 1 is 1.48 bits per heavy atom. The highest BCUT2D eigenvalue weighted by atomic mass is 32.1. The average molecular weight is 302 g/mol. The molecule has 21 heavy (non-hydrogen) atoms. The number of thiophene rings is 1. The first-order valence-corrected chi connectivity index (χ1v) is 7.98. The number of nitrogens with one attached hydrogen (secondary N) is 1. The number of carbonyl (C=O) groups excluding carboxylic acids is 1. The minimum atomic E-state index is 0.00545. The Labute approximate surface area is 127 Å². The molecule has 0 aliphatic heterocycles. The molecule has 0 radical (unpaired) electrons. The number of rotatable bonds is 6. The van der Waals surface area contributed by atoms with Crippen LogP contribution in [0.1, 0.15) is 23.8 Å². The smallest absolute Gasteiger partial charge is 0.267 e. The van der Waals surface area contributed by atoms with E-state index in [2.05, 4.69) is 33.2 Å². The number of carbonyl (C=O) groups is 1. The molecule has 6 heteroatoms. The highest BCUT2D eigenvalue weighted by molar-refractivity contribution is 7.17. The van der Waals surface area contributed by atoms with E-state index in [1.54, 1.807) is 23.9 Å². The van der Waals surface area contributed by atoms with Crippen molar-refractivity contribution in [3.63, 3.8) is 0 Å². The molecule has 1 N–H and O–H groups in total. The van der Waals surface area contributed by atoms with Gasteiger partial charge < -0.3 is 14.5 Å². The maximum absolute atomic E-state index is 12.3. The van der Waals surface area contributed by atoms with Crippen LogP contribution in [0, 0.1) is 0 Å². The van der Waals surface area contributed by atoms with Gasteiger partial charge in [-0.1, -0.05) is 0 Å². The monoisotopic (exact) mass is 302 g/mol. The lowest BCUT2D eigenvalue weighted by Crippen LogP contribution is -2.27. The van der Waals surface area contributed by atoms with Crippen molar-refractivity contribution in [2.75, 3.05) is 6.54 Å². The first-order chi connectivity index (χ1) is 10.3. The summed E-state index contributed by atoms with van der Waals surface area (Å²) in [5, 5.41) is 5.06. The van der Waals surface area contributed by atoms with Gasteiger partial charge in [0.2, 0.25) is 0 Å². The van der Waals surface area contributed by atoms with Gasteiger partial charge in [0.1, 0.15) is 5.69 Å². The molecule has 3 aromatic heterocycles. The Hall–Kier alpha value is -2.08. The number of imidazole rings is 1. The van der Waals surface area contributed by atoms with Crippen molar-refractivity contribution in [2.45, 2.75) is 26.4 Å². The summed E-state index contributed by atoms with van der Waals surface area (Å²) >= 11 is 1.67. The SMILES string of the molecule is CCn1c(C(=O)NCCCn2ccnc2)cc2sccc21. The fraction of sp³-hybridized carbons (Fsp3) is 0.333. The van der Waals surface area contributed by atoms with Gasteiger partial charge in [-0.3, -0.25) is 4.79 Å². The minimum Gasteiger partial charge on any atom is -0.351 e. The summed E-state index contributed by atoms with van der Waals surface area (Å²) in [6.07, 6.45) is 6.37. The third-order valence-corrected chi connectivity index (χ3v) is 4.36. The highest BCUT2D eigenvalue weighted by Gasteiger charge is 2.14. The maximum atomic E-state index is 12.3. The van der Waals surface area contributed by atoms with E-state index < -0.39 is 0 Å². The number of aromatic nitrogens is 3. The van der Waals surface area contributed by atoms with E-state index in [-0.39, 0.29) is 5.91 Å². The van der Waals surface area contributed by atoms with Crippen LogP contribution in [-0.2, 0) is 13.1 Å². The van der Waals surface area contributed by atoms with Crippen molar-refractivity contribution in [1.29, 1.82) is 0 Å². The van der Waals surface area contributed by atoms with Gasteiger partial charge in [-0.15, -0.1) is 11.3 Å². The third kappa shape index (κ3) is 2.85. The van der Waals surface area contributed by atoms with Crippen molar-refractivity contribution in [1.82, 2.24) is 19.4 Å². The molecule has 0 aliphatic carbocycles. The summed E-state index contributed by atoms with van der Waals surface area (Å²) in [4.78, 5) is 16.3. The van der Waals surface area contributed by atoms with Crippen molar-refractivity contribution in [3.8, 4) is 0 Å². The zero-order valence-corrected chi connectivity index (χ0v) is 12.8. The second-order valence-electron chi connectivity index (χ2n) is 4.85. The summed E-state index contributed by atoms with van der Waals surface area (Å²) in [5.41, 5.74) is 1.90. The zero-order valence-electron chi connectivity index (χ0n) is 12.0. The van der Waals surface area contributed by atoms with Crippen LogP contribution in [0.5, 0.6) is 0 Å². The molecule has 5 nitrogen and oxygen atoms in total. The van der Waals surface area contributed by atoms with Gasteiger partial charge >= 0.3 is 0 Å². The Morgan fingerprint density at radius 2 is 2.38 bits per heavy atom. The van der Waals surface area contributed by atoms with Crippen molar-refractivity contribution < 1.29 is 4.79 Å². The molecule has 0 spiro atoms. The summed E-state index contributed by atoms with van der Waals surface area (Å²) in [6.45, 7) is 4.40. The van der Waals surface area contributed by atoms with Crippen molar-refractivity contribution >= 4 is 27.5 Å². The van der Waals surface area contributed by atoms with Crippen molar-refractivity contribution in [3.05, 3.63) is 41.9 Å². The van der Waals surface area contributed by atoms with Crippen LogP contribution in [0.3, 0.4) is 0 Å². The normalized spacial score (nSPS) is 11.1. The van der Waals surface area contributed by atoms with Gasteiger partial charge in [-0.2, -0.15) is 0 Å². The van der Waals surface area contributed by atoms with E-state index in [0.717, 1.165) is 30.7 Å². The Bertz CT molecular complexity index is 726. The molecule has 3 heterocycles. The van der Waals surface area contributed by atoms with Gasteiger partial charge in [-0.25, -0.2) is 4.98 Å². The van der Waals surface area contributed by atoms with Crippen LogP contribution >= 0.6 is 11.3 Å². The molecule has 110 valence electrons. The first kappa shape index (κ1) is 13.9. The van der Waals surface area contributed by atoms with Crippen LogP contribution in [0.2, 0.25) is 0 Å². The Morgan fingerprint density at radius 3 is 3.14 bits per heavy atom. The van der Waals surface area contributed by atoms with E-state index in [1.165, 1.54) is 4.70 Å². The molecule has 0 bridgehead atoms. The van der Waals surface area contributed by atoms with Gasteiger partial charge in [0.15, 0.2) is 0 Å². The number of aryl methyl sites for hydroxylation is 2. The lowest BCUT2D eigenvalue weighted by atomic mass is 10.3. The lowest BCUT2D eigenvalue weighted by Gasteiger charge is -2.08. The molecule has 1 amide bonds. The number of hydrogen-bond donors (Lipinski definition) is 1. The number of nitrogens with zero attached hydrogens (tertiary/aromatic N) is 3. The van der Waals surface area contributed by atoms with E-state index in [9.17, 15) is 4.79 Å². The second-order valence-corrected chi connectivity index (χ2v) is 5.80. The molecule has 0 saturated heterocycles. The average Bonchev–Trinajstić information content (AvgIpc) is 3.18. The number of amides is 1. The predicted molar refractivity (Wildman–Crippen MR) is 84.7 cm³/mol. The second kappa shape index (κ2) is 6.13. The lowest BCUT2D eigenvalue weighted by molar-refractivity contribution is 0.0944. The predicted octanol–water partition coefficient (Wildman–Crippen LogP) is 2.74. The maximum Gasteiger partial charge on any atom is 0.267 e. The molecular weight excluding hydrogens is 284 g/mol. The van der Waals surface area contributed by atoms with E-state index in [0.29, 0.717) is 6.54 Å². The van der Waals surface area contributed by atoms with Crippen LogP contribution in [0.25, 0.3) is 10.2 Å². The molecule has 3 rings (SSSR count). The molecule has 0 atom stereocenters. The third-order valence-electron chi connectivity index (χ3n) is 3.51. The topological polar surface area (TPSA) is 51.9 Å². The Balaban J connectivity index is 1.60. The zero-order chi connectivity index (χ0) is 14.7. The minimum absolute atomic E-state index is 0.00545. The molecule has 0 unspecified atom stereocenters. The summed E-state index contributed by atoms with van der Waals surface area (Å²) in [6, 6.07) is 4.05. The molecule has 0 fully saturated rings. The van der Waals surface area contributed by atoms with Crippen LogP contribution in [0.15, 0.2) is 36.2 Å². The van der Waals surface area contributed by atoms with Crippen molar-refractivity contribution in [2.24, 2.45) is 0 Å². The van der Waals surface area contributed by atoms with Crippen LogP contribution in [0.4, 0.5) is 0 Å². The van der Waals surface area contributed by atoms with E-state index >= 15 is 0 Å². The molecule has 0 aromatic carbocycles. The number of hydrogen-bond acceptors (Lipinski definition) is 3. The van der Waals surface area contributed by atoms with E-state index in [1.807, 2.05) is 16.8 Å². The van der Waals surface area contributed by atoms with Gasteiger partial charge in [0.05, 0.1) is 16.5 Å². The summed E-state index contributed by atoms with van der Waals surface area (Å²) < 4.78 is 5.24. The van der Waals surface area contributed by atoms with Gasteiger partial charge in [-0.05, 0) is 30.9 Å². The van der Waals surface area contributed by atoms with Gasteiger partial charge in [0.25, 0.3) is 5.91 Å². The highest BCUT2D eigenvalue weighted by Crippen LogP contribution is 2.25. The standard InChI is InChI=1S/C15H18N4OS/c1-2-19-12-4-9-21-14(12)10-13(19)15(20)17-5-3-7-18-8-6-16-11-18/h4,6,8-11H,2-3,5,7H2,1H3,(H,17,20). The van der Waals surface area contributed by atoms with Gasteiger partial charge in [0, 0.05) is 32.0 Å². The van der Waals surface area contributed by atoms with E-state index in [4.69, 9.17) is 0 Å². The largest absolute Gasteiger partial charge is 0.351 e. The van der Waals surface area contributed by atoms with Crippen LogP contribution < -0.4 is 5.32 Å². The first-order valence-electron chi connectivity index (χ1n) is 7.10.